The number of H-pyrrole nitrogens is 1. The fourth-order valence-corrected chi connectivity index (χ4v) is 5.79. The monoisotopic (exact) mass is 481 g/mol. The first-order chi connectivity index (χ1) is 15.9. The van der Waals surface area contributed by atoms with Crippen LogP contribution in [-0.4, -0.2) is 40.1 Å². The minimum atomic E-state index is -3.69. The maximum absolute atomic E-state index is 13.2. The third kappa shape index (κ3) is 4.22. The fourth-order valence-electron chi connectivity index (χ4n) is 4.01. The van der Waals surface area contributed by atoms with Crippen LogP contribution in [0.15, 0.2) is 71.9 Å². The van der Waals surface area contributed by atoms with Gasteiger partial charge in [0, 0.05) is 29.6 Å². The number of pyridine rings is 1. The summed E-state index contributed by atoms with van der Waals surface area (Å²) in [5, 5.41) is 3.33. The van der Waals surface area contributed by atoms with Gasteiger partial charge in [-0.3, -0.25) is 9.78 Å². The molecule has 8 nitrogen and oxygen atoms in total. The molecule has 0 radical (unpaired) electrons. The van der Waals surface area contributed by atoms with Gasteiger partial charge in [0.15, 0.2) is 0 Å². The molecule has 1 unspecified atom stereocenters. The van der Waals surface area contributed by atoms with Crippen molar-refractivity contribution in [3.05, 3.63) is 83.4 Å². The number of nitrogens with one attached hydrogen (secondary N) is 2. The highest BCUT2D eigenvalue weighted by Gasteiger charge is 2.37. The highest BCUT2D eigenvalue weighted by Crippen LogP contribution is 2.36. The quantitative estimate of drug-likeness (QED) is 0.439. The molecule has 168 valence electrons. The van der Waals surface area contributed by atoms with E-state index >= 15 is 0 Å². The molecule has 1 saturated heterocycles. The lowest BCUT2D eigenvalue weighted by atomic mass is 10.2. The van der Waals surface area contributed by atoms with Gasteiger partial charge in [-0.2, -0.15) is 4.31 Å². The van der Waals surface area contributed by atoms with Crippen molar-refractivity contribution >= 4 is 44.3 Å². The number of aromatic amines is 1. The molecule has 2 N–H and O–H groups in total. The third-order valence-corrected chi connectivity index (χ3v) is 7.80. The molecule has 33 heavy (non-hydrogen) atoms. The highest BCUT2D eigenvalue weighted by atomic mass is 35.5. The van der Waals surface area contributed by atoms with E-state index in [0.717, 1.165) is 6.42 Å². The van der Waals surface area contributed by atoms with Crippen LogP contribution in [0.4, 0.5) is 5.69 Å². The summed E-state index contributed by atoms with van der Waals surface area (Å²) in [7, 11) is -3.69. The predicted molar refractivity (Wildman–Crippen MR) is 126 cm³/mol. The van der Waals surface area contributed by atoms with Crippen LogP contribution < -0.4 is 5.32 Å². The van der Waals surface area contributed by atoms with Gasteiger partial charge in [0.2, 0.25) is 10.0 Å². The Bertz CT molecular complexity index is 1420. The van der Waals surface area contributed by atoms with E-state index in [1.807, 2.05) is 0 Å². The molecule has 0 bridgehead atoms. The molecule has 4 aromatic rings. The largest absolute Gasteiger partial charge is 0.341 e. The van der Waals surface area contributed by atoms with Crippen molar-refractivity contribution in [3.8, 4) is 0 Å². The number of carbonyl (C=O) groups excluding carboxylic acids is 1. The second-order valence-corrected chi connectivity index (χ2v) is 10.1. The van der Waals surface area contributed by atoms with E-state index in [4.69, 9.17) is 11.6 Å². The molecule has 2 aromatic heterocycles. The Labute approximate surface area is 195 Å². The van der Waals surface area contributed by atoms with E-state index in [1.165, 1.54) is 22.6 Å². The van der Waals surface area contributed by atoms with Gasteiger partial charge in [-0.1, -0.05) is 11.6 Å². The predicted octanol–water partition coefficient (Wildman–Crippen LogP) is 4.39. The SMILES string of the molecule is O=C(Nc1ccc2nc(C3CCCN3S(=O)(=O)c3ccc(Cl)cc3)[nH]c2c1)c1cccnc1. The van der Waals surface area contributed by atoms with Crippen LogP contribution in [0.3, 0.4) is 0 Å². The first kappa shape index (κ1) is 21.6. The van der Waals surface area contributed by atoms with Crippen molar-refractivity contribution in [3.63, 3.8) is 0 Å². The molecule has 3 heterocycles. The van der Waals surface area contributed by atoms with Crippen molar-refractivity contribution in [2.75, 3.05) is 11.9 Å². The van der Waals surface area contributed by atoms with Crippen LogP contribution in [0, 0.1) is 0 Å². The molecule has 1 amide bonds. The average Bonchev–Trinajstić information content (AvgIpc) is 3.47. The van der Waals surface area contributed by atoms with Gasteiger partial charge in [-0.25, -0.2) is 13.4 Å². The molecule has 1 fully saturated rings. The van der Waals surface area contributed by atoms with Crippen LogP contribution in [-0.2, 0) is 10.0 Å². The summed E-state index contributed by atoms with van der Waals surface area (Å²) in [6, 6.07) is 14.5. The lowest BCUT2D eigenvalue weighted by Gasteiger charge is -2.22. The van der Waals surface area contributed by atoms with Crippen molar-refractivity contribution in [1.82, 2.24) is 19.3 Å². The molecule has 2 aromatic carbocycles. The van der Waals surface area contributed by atoms with E-state index in [0.29, 0.717) is 46.1 Å². The van der Waals surface area contributed by atoms with E-state index < -0.39 is 16.1 Å². The van der Waals surface area contributed by atoms with Crippen LogP contribution in [0.1, 0.15) is 35.1 Å². The molecular weight excluding hydrogens is 462 g/mol. The first-order valence-corrected chi connectivity index (χ1v) is 12.2. The van der Waals surface area contributed by atoms with Crippen LogP contribution in [0.25, 0.3) is 11.0 Å². The summed E-state index contributed by atoms with van der Waals surface area (Å²) in [6.45, 7) is 0.416. The zero-order chi connectivity index (χ0) is 23.0. The Hall–Kier alpha value is -3.27. The number of nitrogens with zero attached hydrogens (tertiary/aromatic N) is 3. The summed E-state index contributed by atoms with van der Waals surface area (Å²) in [5.74, 6) is 0.314. The summed E-state index contributed by atoms with van der Waals surface area (Å²) in [4.78, 5) is 24.5. The van der Waals surface area contributed by atoms with Gasteiger partial charge in [0.05, 0.1) is 27.5 Å². The van der Waals surface area contributed by atoms with Crippen LogP contribution in [0.2, 0.25) is 5.02 Å². The molecule has 1 aliphatic rings. The molecule has 0 saturated carbocycles. The third-order valence-electron chi connectivity index (χ3n) is 5.62. The van der Waals surface area contributed by atoms with Crippen LogP contribution in [0.5, 0.6) is 0 Å². The van der Waals surface area contributed by atoms with E-state index in [2.05, 4.69) is 20.3 Å². The maximum atomic E-state index is 13.2. The van der Waals surface area contributed by atoms with Crippen molar-refractivity contribution in [2.45, 2.75) is 23.8 Å². The van der Waals surface area contributed by atoms with Crippen molar-refractivity contribution in [1.29, 1.82) is 0 Å². The standard InChI is InChI=1S/C23H20ClN5O3S/c24-16-5-8-18(9-6-16)33(31,32)29-12-2-4-21(29)22-27-19-10-7-17(13-20(19)28-22)26-23(30)15-3-1-11-25-14-15/h1,3,5-11,13-14,21H,2,4,12H2,(H,26,30)(H,27,28). The van der Waals surface area contributed by atoms with Gasteiger partial charge >= 0.3 is 0 Å². The summed E-state index contributed by atoms with van der Waals surface area (Å²) < 4.78 is 28.0. The Morgan fingerprint density at radius 2 is 1.97 bits per heavy atom. The van der Waals surface area contributed by atoms with Gasteiger partial charge < -0.3 is 10.3 Å². The Kier molecular flexibility index (Phi) is 5.61. The topological polar surface area (TPSA) is 108 Å². The number of imidazole rings is 1. The summed E-state index contributed by atoms with van der Waals surface area (Å²) >= 11 is 5.92. The van der Waals surface area contributed by atoms with Gasteiger partial charge in [-0.15, -0.1) is 0 Å². The number of rotatable bonds is 5. The summed E-state index contributed by atoms with van der Waals surface area (Å²) in [5.41, 5.74) is 2.46. The first-order valence-electron chi connectivity index (χ1n) is 10.4. The number of benzene rings is 2. The molecule has 1 atom stereocenters. The van der Waals surface area contributed by atoms with Gasteiger partial charge in [-0.05, 0) is 67.4 Å². The number of aromatic nitrogens is 3. The number of hydrogen-bond acceptors (Lipinski definition) is 5. The van der Waals surface area contributed by atoms with Crippen molar-refractivity contribution < 1.29 is 13.2 Å². The lowest BCUT2D eigenvalue weighted by Crippen LogP contribution is -2.31. The van der Waals surface area contributed by atoms with Gasteiger partial charge in [0.1, 0.15) is 5.82 Å². The molecule has 1 aliphatic heterocycles. The number of carbonyl (C=O) groups is 1. The normalized spacial score (nSPS) is 16.8. The second-order valence-electron chi connectivity index (χ2n) is 7.78. The highest BCUT2D eigenvalue weighted by molar-refractivity contribution is 7.89. The zero-order valence-corrected chi connectivity index (χ0v) is 19.0. The maximum Gasteiger partial charge on any atom is 0.257 e. The van der Waals surface area contributed by atoms with E-state index in [-0.39, 0.29) is 10.8 Å². The van der Waals surface area contributed by atoms with Gasteiger partial charge in [0.25, 0.3) is 5.91 Å². The zero-order valence-electron chi connectivity index (χ0n) is 17.4. The van der Waals surface area contributed by atoms with Crippen LogP contribution >= 0.6 is 11.6 Å². The number of anilines is 1. The number of fused-ring (bicyclic) bond motifs is 1. The number of hydrogen-bond donors (Lipinski definition) is 2. The molecule has 0 spiro atoms. The smallest absolute Gasteiger partial charge is 0.257 e. The van der Waals surface area contributed by atoms with E-state index in [1.54, 1.807) is 48.7 Å². The fraction of sp³-hybridized carbons (Fsp3) is 0.174. The molecule has 0 aliphatic carbocycles. The average molecular weight is 482 g/mol. The Morgan fingerprint density at radius 1 is 1.15 bits per heavy atom. The minimum absolute atomic E-state index is 0.204. The molecular formula is C23H20ClN5O3S. The van der Waals surface area contributed by atoms with E-state index in [9.17, 15) is 13.2 Å². The van der Waals surface area contributed by atoms with Crippen molar-refractivity contribution in [2.24, 2.45) is 0 Å². The Balaban J connectivity index is 1.41. The number of halogens is 1. The lowest BCUT2D eigenvalue weighted by molar-refractivity contribution is 0.102. The minimum Gasteiger partial charge on any atom is -0.341 e. The summed E-state index contributed by atoms with van der Waals surface area (Å²) in [6.07, 6.45) is 4.50. The molecule has 5 rings (SSSR count). The number of amides is 1. The number of sulfonamides is 1. The second kappa shape index (κ2) is 8.58. The Morgan fingerprint density at radius 3 is 2.73 bits per heavy atom. The molecule has 10 heteroatoms.